The van der Waals surface area contributed by atoms with E-state index in [2.05, 4.69) is 0 Å². The molecule has 0 aliphatic rings. The molecule has 0 unspecified atom stereocenters. The Kier molecular flexibility index (Phi) is 3.71. The van der Waals surface area contributed by atoms with Gasteiger partial charge in [-0.05, 0) is 35.4 Å². The van der Waals surface area contributed by atoms with E-state index in [1.165, 1.54) is 0 Å². The Morgan fingerprint density at radius 3 is 1.84 bits per heavy atom. The first kappa shape index (κ1) is 13.0. The molecule has 0 saturated heterocycles. The van der Waals surface area contributed by atoms with Crippen molar-refractivity contribution in [1.82, 2.24) is 0 Å². The molecule has 2 aromatic carbocycles. The van der Waals surface area contributed by atoms with Crippen LogP contribution in [0.3, 0.4) is 0 Å². The first-order valence-corrected chi connectivity index (χ1v) is 5.71. The predicted octanol–water partition coefficient (Wildman–Crippen LogP) is 3.07. The third-order valence-electron chi connectivity index (χ3n) is 2.82. The van der Waals surface area contributed by atoms with Gasteiger partial charge in [0.15, 0.2) is 0 Å². The lowest BCUT2D eigenvalue weighted by molar-refractivity contribution is 0.0697. The SMILES string of the molecule is COc1cc(OC)cc(-c2ccc(C(=O)O)cc2)c1. The zero-order chi connectivity index (χ0) is 13.8. The summed E-state index contributed by atoms with van der Waals surface area (Å²) in [5.41, 5.74) is 2.08. The van der Waals surface area contributed by atoms with Gasteiger partial charge in [0.05, 0.1) is 19.8 Å². The summed E-state index contributed by atoms with van der Waals surface area (Å²) >= 11 is 0. The summed E-state index contributed by atoms with van der Waals surface area (Å²) in [6.07, 6.45) is 0. The highest BCUT2D eigenvalue weighted by Crippen LogP contribution is 2.29. The number of methoxy groups -OCH3 is 2. The standard InChI is InChI=1S/C15H14O4/c1-18-13-7-12(8-14(9-13)19-2)10-3-5-11(6-4-10)15(16)17/h3-9H,1-2H3,(H,16,17). The predicted molar refractivity (Wildman–Crippen MR) is 71.9 cm³/mol. The van der Waals surface area contributed by atoms with Crippen LogP contribution in [-0.4, -0.2) is 25.3 Å². The average molecular weight is 258 g/mol. The Labute approximate surface area is 111 Å². The molecule has 0 aliphatic carbocycles. The number of carbonyl (C=O) groups is 1. The largest absolute Gasteiger partial charge is 0.497 e. The second kappa shape index (κ2) is 5.44. The zero-order valence-corrected chi connectivity index (χ0v) is 10.7. The monoisotopic (exact) mass is 258 g/mol. The Morgan fingerprint density at radius 2 is 1.42 bits per heavy atom. The number of benzene rings is 2. The molecule has 0 bridgehead atoms. The lowest BCUT2D eigenvalue weighted by atomic mass is 10.0. The minimum atomic E-state index is -0.935. The van der Waals surface area contributed by atoms with E-state index in [0.717, 1.165) is 11.1 Å². The summed E-state index contributed by atoms with van der Waals surface area (Å²) in [6.45, 7) is 0. The molecule has 98 valence electrons. The van der Waals surface area contributed by atoms with Crippen molar-refractivity contribution in [3.05, 3.63) is 48.0 Å². The highest BCUT2D eigenvalue weighted by molar-refractivity contribution is 5.88. The van der Waals surface area contributed by atoms with Crippen LogP contribution in [0.5, 0.6) is 11.5 Å². The summed E-state index contributed by atoms with van der Waals surface area (Å²) in [6, 6.07) is 12.2. The molecular formula is C15H14O4. The zero-order valence-electron chi connectivity index (χ0n) is 10.7. The van der Waals surface area contributed by atoms with E-state index in [1.54, 1.807) is 44.6 Å². The third-order valence-corrected chi connectivity index (χ3v) is 2.82. The van der Waals surface area contributed by atoms with Gasteiger partial charge in [0.1, 0.15) is 11.5 Å². The van der Waals surface area contributed by atoms with Crippen LogP contribution in [0.4, 0.5) is 0 Å². The molecule has 0 aliphatic heterocycles. The summed E-state index contributed by atoms with van der Waals surface area (Å²) < 4.78 is 10.4. The molecule has 0 amide bonds. The lowest BCUT2D eigenvalue weighted by Crippen LogP contribution is -1.95. The van der Waals surface area contributed by atoms with Gasteiger partial charge < -0.3 is 14.6 Å². The minimum absolute atomic E-state index is 0.263. The Morgan fingerprint density at radius 1 is 0.895 bits per heavy atom. The molecule has 4 nitrogen and oxygen atoms in total. The van der Waals surface area contributed by atoms with Crippen molar-refractivity contribution in [3.63, 3.8) is 0 Å². The van der Waals surface area contributed by atoms with Crippen LogP contribution < -0.4 is 9.47 Å². The van der Waals surface area contributed by atoms with Crippen LogP contribution in [0.2, 0.25) is 0 Å². The van der Waals surface area contributed by atoms with Crippen molar-refractivity contribution < 1.29 is 19.4 Å². The van der Waals surface area contributed by atoms with Crippen LogP contribution in [-0.2, 0) is 0 Å². The van der Waals surface area contributed by atoms with Crippen molar-refractivity contribution in [2.24, 2.45) is 0 Å². The van der Waals surface area contributed by atoms with Gasteiger partial charge in [-0.25, -0.2) is 4.79 Å². The van der Waals surface area contributed by atoms with Gasteiger partial charge in [-0.2, -0.15) is 0 Å². The van der Waals surface area contributed by atoms with Gasteiger partial charge in [0.25, 0.3) is 0 Å². The van der Waals surface area contributed by atoms with Crippen molar-refractivity contribution in [3.8, 4) is 22.6 Å². The van der Waals surface area contributed by atoms with E-state index in [1.807, 2.05) is 12.1 Å². The van der Waals surface area contributed by atoms with Crippen molar-refractivity contribution >= 4 is 5.97 Å². The van der Waals surface area contributed by atoms with Gasteiger partial charge in [-0.1, -0.05) is 12.1 Å². The molecule has 0 atom stereocenters. The first-order chi connectivity index (χ1) is 9.13. The number of carboxylic acid groups (broad SMARTS) is 1. The Hall–Kier alpha value is -2.49. The molecular weight excluding hydrogens is 244 g/mol. The molecule has 0 saturated carbocycles. The maximum absolute atomic E-state index is 10.8. The normalized spacial score (nSPS) is 10.0. The highest BCUT2D eigenvalue weighted by atomic mass is 16.5. The van der Waals surface area contributed by atoms with Crippen molar-refractivity contribution in [1.29, 1.82) is 0 Å². The van der Waals surface area contributed by atoms with Gasteiger partial charge >= 0.3 is 5.97 Å². The molecule has 0 heterocycles. The topological polar surface area (TPSA) is 55.8 Å². The maximum atomic E-state index is 10.8. The molecule has 0 fully saturated rings. The second-order valence-electron chi connectivity index (χ2n) is 3.98. The molecule has 2 aromatic rings. The number of ether oxygens (including phenoxy) is 2. The van der Waals surface area contributed by atoms with E-state index < -0.39 is 5.97 Å². The number of hydrogen-bond acceptors (Lipinski definition) is 3. The molecule has 0 radical (unpaired) electrons. The van der Waals surface area contributed by atoms with Crippen LogP contribution in [0.15, 0.2) is 42.5 Å². The molecule has 1 N–H and O–H groups in total. The van der Waals surface area contributed by atoms with Crippen molar-refractivity contribution in [2.75, 3.05) is 14.2 Å². The summed E-state index contributed by atoms with van der Waals surface area (Å²) in [4.78, 5) is 10.8. The molecule has 0 aromatic heterocycles. The summed E-state index contributed by atoms with van der Waals surface area (Å²) in [7, 11) is 3.18. The number of hydrogen-bond donors (Lipinski definition) is 1. The van der Waals surface area contributed by atoms with E-state index in [4.69, 9.17) is 14.6 Å². The second-order valence-corrected chi connectivity index (χ2v) is 3.98. The summed E-state index contributed by atoms with van der Waals surface area (Å²) in [5, 5.41) is 8.87. The number of rotatable bonds is 4. The Balaban J connectivity index is 2.42. The quantitative estimate of drug-likeness (QED) is 0.915. The van der Waals surface area contributed by atoms with Crippen LogP contribution in [0.1, 0.15) is 10.4 Å². The van der Waals surface area contributed by atoms with E-state index in [-0.39, 0.29) is 5.56 Å². The summed E-state index contributed by atoms with van der Waals surface area (Å²) in [5.74, 6) is 0.447. The van der Waals surface area contributed by atoms with Crippen molar-refractivity contribution in [2.45, 2.75) is 0 Å². The van der Waals surface area contributed by atoms with E-state index >= 15 is 0 Å². The minimum Gasteiger partial charge on any atom is -0.497 e. The lowest BCUT2D eigenvalue weighted by Gasteiger charge is -2.08. The van der Waals surface area contributed by atoms with Crippen LogP contribution >= 0.6 is 0 Å². The molecule has 0 spiro atoms. The smallest absolute Gasteiger partial charge is 0.335 e. The molecule has 2 rings (SSSR count). The highest BCUT2D eigenvalue weighted by Gasteiger charge is 2.06. The Bertz CT molecular complexity index is 565. The average Bonchev–Trinajstić information content (AvgIpc) is 2.46. The first-order valence-electron chi connectivity index (χ1n) is 5.71. The van der Waals surface area contributed by atoms with E-state index in [0.29, 0.717) is 11.5 Å². The molecule has 4 heteroatoms. The molecule has 19 heavy (non-hydrogen) atoms. The van der Waals surface area contributed by atoms with Crippen LogP contribution in [0.25, 0.3) is 11.1 Å². The van der Waals surface area contributed by atoms with Gasteiger partial charge in [0.2, 0.25) is 0 Å². The van der Waals surface area contributed by atoms with Gasteiger partial charge in [-0.15, -0.1) is 0 Å². The van der Waals surface area contributed by atoms with E-state index in [9.17, 15) is 4.79 Å². The van der Waals surface area contributed by atoms with Gasteiger partial charge in [0, 0.05) is 6.07 Å². The van der Waals surface area contributed by atoms with Crippen LogP contribution in [0, 0.1) is 0 Å². The fraction of sp³-hybridized carbons (Fsp3) is 0.133. The van der Waals surface area contributed by atoms with Gasteiger partial charge in [-0.3, -0.25) is 0 Å². The maximum Gasteiger partial charge on any atom is 0.335 e. The third kappa shape index (κ3) is 2.85. The fourth-order valence-electron chi connectivity index (χ4n) is 1.78. The number of carboxylic acids is 1. The fourth-order valence-corrected chi connectivity index (χ4v) is 1.78. The number of aromatic carboxylic acids is 1.